The quantitative estimate of drug-likeness (QED) is 0.336. The van der Waals surface area contributed by atoms with Gasteiger partial charge in [0.15, 0.2) is 5.82 Å². The second-order valence-corrected chi connectivity index (χ2v) is 9.20. The number of carbonyl (C=O) groups is 1. The molecule has 1 aromatic heterocycles. The van der Waals surface area contributed by atoms with Crippen molar-refractivity contribution in [3.05, 3.63) is 59.1 Å². The first-order chi connectivity index (χ1) is 14.2. The van der Waals surface area contributed by atoms with Gasteiger partial charge >= 0.3 is 0 Å². The molecule has 0 saturated carbocycles. The first-order valence-electron chi connectivity index (χ1n) is 8.72. The molecule has 0 unspecified atom stereocenters. The van der Waals surface area contributed by atoms with Crippen LogP contribution in [0.25, 0.3) is 11.4 Å². The van der Waals surface area contributed by atoms with Gasteiger partial charge in [-0.1, -0.05) is 35.5 Å². The number of hydrogen-bond acceptors (Lipinski definition) is 7. The minimum atomic E-state index is -3.71. The summed E-state index contributed by atoms with van der Waals surface area (Å²) in [6, 6.07) is 13.2. The van der Waals surface area contributed by atoms with Crippen LogP contribution in [0.15, 0.2) is 58.6 Å². The van der Waals surface area contributed by atoms with Crippen LogP contribution in [-0.2, 0) is 21.2 Å². The number of amides is 1. The van der Waals surface area contributed by atoms with Crippen molar-refractivity contribution in [2.75, 3.05) is 18.1 Å². The highest BCUT2D eigenvalue weighted by Gasteiger charge is 2.14. The van der Waals surface area contributed by atoms with Gasteiger partial charge in [0.2, 0.25) is 21.1 Å². The van der Waals surface area contributed by atoms with E-state index in [1.54, 1.807) is 36.4 Å². The molecule has 0 spiro atoms. The number of benzene rings is 2. The predicted octanol–water partition coefficient (Wildman–Crippen LogP) is 1.41. The number of carbonyl (C=O) groups excluding carboxylic acids is 1. The minimum Gasteiger partial charge on any atom is -0.355 e. The number of thioether (sulfide) groups is 1. The van der Waals surface area contributed by atoms with Gasteiger partial charge in [-0.2, -0.15) is 0 Å². The summed E-state index contributed by atoms with van der Waals surface area (Å²) in [5.41, 5.74) is 1.64. The molecule has 0 atom stereocenters. The second-order valence-electron chi connectivity index (χ2n) is 6.26. The number of sulfonamides is 1. The first kappa shape index (κ1) is 22.1. The molecule has 3 aromatic rings. The van der Waals surface area contributed by atoms with Gasteiger partial charge in [0.1, 0.15) is 0 Å². The summed E-state index contributed by atoms with van der Waals surface area (Å²) in [5, 5.41) is 17.0. The second kappa shape index (κ2) is 9.47. The van der Waals surface area contributed by atoms with Gasteiger partial charge < -0.3 is 11.2 Å². The van der Waals surface area contributed by atoms with E-state index in [0.29, 0.717) is 29.0 Å². The van der Waals surface area contributed by atoms with Crippen molar-refractivity contribution in [2.45, 2.75) is 16.5 Å². The average Bonchev–Trinajstić information content (AvgIpc) is 3.07. The monoisotopic (exact) mass is 466 g/mol. The number of nitrogens with one attached hydrogen (secondary N) is 1. The highest BCUT2D eigenvalue weighted by atomic mass is 35.5. The number of rotatable bonds is 8. The number of hydrogen-bond donors (Lipinski definition) is 3. The van der Waals surface area contributed by atoms with Crippen molar-refractivity contribution < 1.29 is 13.2 Å². The summed E-state index contributed by atoms with van der Waals surface area (Å²) < 4.78 is 23.8. The molecule has 12 heteroatoms. The van der Waals surface area contributed by atoms with Gasteiger partial charge in [-0.25, -0.2) is 18.2 Å². The van der Waals surface area contributed by atoms with E-state index in [4.69, 9.17) is 22.6 Å². The van der Waals surface area contributed by atoms with Crippen LogP contribution in [0.2, 0.25) is 5.02 Å². The first-order valence-corrected chi connectivity index (χ1v) is 11.6. The van der Waals surface area contributed by atoms with Crippen LogP contribution in [0.4, 0.5) is 0 Å². The SMILES string of the molecule is Nn1c(SCC(=O)NCCc2ccc(S(N)(=O)=O)cc2)nnc1-c1ccc(Cl)cc1. The Balaban J connectivity index is 1.48. The standard InChI is InChI=1S/C18H19ClN6O3S2/c19-14-5-3-13(4-6-14)17-23-24-18(25(17)20)29-11-16(26)22-10-9-12-1-7-15(8-2-12)30(21,27)28/h1-8H,9-11,20H2,(H,22,26)(H2,21,27,28). The Kier molecular flexibility index (Phi) is 6.98. The Morgan fingerprint density at radius 2 is 1.77 bits per heavy atom. The number of nitrogens with zero attached hydrogens (tertiary/aromatic N) is 3. The Morgan fingerprint density at radius 1 is 1.10 bits per heavy atom. The van der Waals surface area contributed by atoms with Crippen molar-refractivity contribution in [1.82, 2.24) is 20.2 Å². The fraction of sp³-hybridized carbons (Fsp3) is 0.167. The number of nitrogens with two attached hydrogens (primary N) is 2. The molecule has 0 radical (unpaired) electrons. The third-order valence-corrected chi connectivity index (χ3v) is 6.21. The van der Waals surface area contributed by atoms with Crippen LogP contribution in [0, 0.1) is 0 Å². The number of halogens is 1. The van der Waals surface area contributed by atoms with E-state index in [9.17, 15) is 13.2 Å². The molecule has 9 nitrogen and oxygen atoms in total. The maximum Gasteiger partial charge on any atom is 0.238 e. The molecule has 30 heavy (non-hydrogen) atoms. The zero-order valence-corrected chi connectivity index (χ0v) is 18.0. The lowest BCUT2D eigenvalue weighted by molar-refractivity contribution is -0.118. The van der Waals surface area contributed by atoms with E-state index in [1.165, 1.54) is 28.6 Å². The number of nitrogen functional groups attached to an aromatic ring is 1. The fourth-order valence-electron chi connectivity index (χ4n) is 2.54. The maximum absolute atomic E-state index is 12.1. The van der Waals surface area contributed by atoms with Crippen molar-refractivity contribution >= 4 is 39.3 Å². The average molecular weight is 467 g/mol. The van der Waals surface area contributed by atoms with E-state index < -0.39 is 10.0 Å². The van der Waals surface area contributed by atoms with E-state index in [1.807, 2.05) is 0 Å². The summed E-state index contributed by atoms with van der Waals surface area (Å²) in [5.74, 6) is 6.45. The molecule has 1 heterocycles. The van der Waals surface area contributed by atoms with Crippen molar-refractivity contribution in [2.24, 2.45) is 5.14 Å². The maximum atomic E-state index is 12.1. The fourth-order valence-corrected chi connectivity index (χ4v) is 3.87. The third kappa shape index (κ3) is 5.72. The van der Waals surface area contributed by atoms with Gasteiger partial charge in [0, 0.05) is 17.1 Å². The Bertz CT molecular complexity index is 1130. The molecule has 1 amide bonds. The highest BCUT2D eigenvalue weighted by Crippen LogP contribution is 2.22. The number of primary sulfonamides is 1. The zero-order chi connectivity index (χ0) is 21.7. The lowest BCUT2D eigenvalue weighted by Gasteiger charge is -2.06. The van der Waals surface area contributed by atoms with Crippen LogP contribution in [-0.4, -0.2) is 41.5 Å². The van der Waals surface area contributed by atoms with E-state index in [-0.39, 0.29) is 16.6 Å². The van der Waals surface area contributed by atoms with Gasteiger partial charge in [0.25, 0.3) is 0 Å². The molecule has 2 aromatic carbocycles. The van der Waals surface area contributed by atoms with Crippen molar-refractivity contribution in [3.63, 3.8) is 0 Å². The van der Waals surface area contributed by atoms with E-state index in [2.05, 4.69) is 15.5 Å². The van der Waals surface area contributed by atoms with Crippen LogP contribution in [0.5, 0.6) is 0 Å². The molecule has 158 valence electrons. The molecular formula is C18H19ClN6O3S2. The topological polar surface area (TPSA) is 146 Å². The zero-order valence-electron chi connectivity index (χ0n) is 15.7. The predicted molar refractivity (Wildman–Crippen MR) is 116 cm³/mol. The lowest BCUT2D eigenvalue weighted by Crippen LogP contribution is -2.27. The summed E-state index contributed by atoms with van der Waals surface area (Å²) in [7, 11) is -3.71. The van der Waals surface area contributed by atoms with E-state index >= 15 is 0 Å². The van der Waals surface area contributed by atoms with Gasteiger partial charge in [-0.15, -0.1) is 10.2 Å². The molecule has 0 aliphatic heterocycles. The molecule has 0 fully saturated rings. The molecule has 0 saturated heterocycles. The van der Waals surface area contributed by atoms with Crippen molar-refractivity contribution in [1.29, 1.82) is 0 Å². The molecule has 3 rings (SSSR count). The summed E-state index contributed by atoms with van der Waals surface area (Å²) in [6.07, 6.45) is 0.551. The normalized spacial score (nSPS) is 11.4. The van der Waals surface area contributed by atoms with Crippen LogP contribution in [0.3, 0.4) is 0 Å². The Hall–Kier alpha value is -2.60. The highest BCUT2D eigenvalue weighted by molar-refractivity contribution is 7.99. The summed E-state index contributed by atoms with van der Waals surface area (Å²) in [4.78, 5) is 12.1. The molecule has 0 aliphatic rings. The van der Waals surface area contributed by atoms with E-state index in [0.717, 1.165) is 11.1 Å². The molecule has 0 bridgehead atoms. The number of aromatic nitrogens is 3. The smallest absolute Gasteiger partial charge is 0.238 e. The minimum absolute atomic E-state index is 0.0514. The van der Waals surface area contributed by atoms with Gasteiger partial charge in [-0.05, 0) is 48.4 Å². The largest absolute Gasteiger partial charge is 0.355 e. The van der Waals surface area contributed by atoms with Gasteiger partial charge in [0.05, 0.1) is 10.6 Å². The molecule has 5 N–H and O–H groups in total. The van der Waals surface area contributed by atoms with Crippen molar-refractivity contribution in [3.8, 4) is 11.4 Å². The van der Waals surface area contributed by atoms with Crippen LogP contribution >= 0.6 is 23.4 Å². The third-order valence-electron chi connectivity index (χ3n) is 4.09. The summed E-state index contributed by atoms with van der Waals surface area (Å²) >= 11 is 7.05. The van der Waals surface area contributed by atoms with Crippen LogP contribution < -0.4 is 16.3 Å². The Labute approximate surface area is 182 Å². The lowest BCUT2D eigenvalue weighted by atomic mass is 10.1. The Morgan fingerprint density at radius 3 is 2.40 bits per heavy atom. The molecule has 0 aliphatic carbocycles. The molecular weight excluding hydrogens is 448 g/mol. The summed E-state index contributed by atoms with van der Waals surface area (Å²) in [6.45, 7) is 0.402. The van der Waals surface area contributed by atoms with Gasteiger partial charge in [-0.3, -0.25) is 4.79 Å². The van der Waals surface area contributed by atoms with Crippen LogP contribution in [0.1, 0.15) is 5.56 Å².